The third kappa shape index (κ3) is 2.49. The summed E-state index contributed by atoms with van der Waals surface area (Å²) in [5, 5.41) is 35.4. The van der Waals surface area contributed by atoms with Gasteiger partial charge in [-0.25, -0.2) is 9.78 Å². The van der Waals surface area contributed by atoms with Gasteiger partial charge >= 0.3 is 5.97 Å². The van der Waals surface area contributed by atoms with Gasteiger partial charge in [-0.2, -0.15) is 5.26 Å². The number of nitriles is 1. The van der Waals surface area contributed by atoms with Crippen molar-refractivity contribution in [1.29, 1.82) is 5.26 Å². The second kappa shape index (κ2) is 4.50. The molecule has 0 aliphatic carbocycles. The Bertz CT molecular complexity index is 413. The van der Waals surface area contributed by atoms with Crippen LogP contribution in [0.4, 0.5) is 0 Å². The van der Waals surface area contributed by atoms with E-state index in [0.29, 0.717) is 0 Å². The van der Waals surface area contributed by atoms with Gasteiger partial charge < -0.3 is 15.3 Å². The number of hydrogen-bond donors (Lipinski definition) is 3. The molecule has 0 aliphatic rings. The van der Waals surface area contributed by atoms with Gasteiger partial charge in [0.15, 0.2) is 6.10 Å². The molecule has 1 rings (SSSR count). The van der Waals surface area contributed by atoms with Crippen LogP contribution in [0.2, 0.25) is 0 Å². The first-order valence-corrected chi connectivity index (χ1v) is 4.02. The number of aromatic nitrogens is 1. The van der Waals surface area contributed by atoms with Gasteiger partial charge in [0, 0.05) is 0 Å². The second-order valence-electron chi connectivity index (χ2n) is 2.79. The standard InChI is InChI=1S/C9H8N2O4/c10-4-5-2-1-3-6(11-5)7(12)8(13)9(14)15/h1-3,7-8,12-13H,(H,14,15). The minimum Gasteiger partial charge on any atom is -0.479 e. The predicted octanol–water partition coefficient (Wildman–Crippen LogP) is -0.568. The Morgan fingerprint density at radius 1 is 1.47 bits per heavy atom. The molecule has 3 N–H and O–H groups in total. The Kier molecular flexibility index (Phi) is 3.33. The third-order valence-corrected chi connectivity index (χ3v) is 1.74. The molecule has 1 aromatic heterocycles. The number of rotatable bonds is 3. The molecule has 0 saturated heterocycles. The van der Waals surface area contributed by atoms with E-state index in [9.17, 15) is 9.90 Å². The second-order valence-corrected chi connectivity index (χ2v) is 2.79. The highest BCUT2D eigenvalue weighted by molar-refractivity contribution is 5.72. The molecule has 0 spiro atoms. The Labute approximate surface area is 85.0 Å². The first kappa shape index (κ1) is 11.1. The molecule has 1 aromatic rings. The maximum atomic E-state index is 10.4. The number of nitrogens with zero attached hydrogens (tertiary/aromatic N) is 2. The van der Waals surface area contributed by atoms with E-state index < -0.39 is 18.2 Å². The average molecular weight is 208 g/mol. The molecule has 2 unspecified atom stereocenters. The number of hydrogen-bond acceptors (Lipinski definition) is 5. The zero-order valence-electron chi connectivity index (χ0n) is 7.53. The Morgan fingerprint density at radius 2 is 2.13 bits per heavy atom. The largest absolute Gasteiger partial charge is 0.479 e. The zero-order chi connectivity index (χ0) is 11.4. The van der Waals surface area contributed by atoms with Crippen molar-refractivity contribution in [2.45, 2.75) is 12.2 Å². The summed E-state index contributed by atoms with van der Waals surface area (Å²) in [5.74, 6) is -1.55. The fourth-order valence-corrected chi connectivity index (χ4v) is 0.975. The molecule has 6 heteroatoms. The Balaban J connectivity index is 2.96. The van der Waals surface area contributed by atoms with Crippen molar-refractivity contribution in [1.82, 2.24) is 4.98 Å². The molecule has 0 bridgehead atoms. The lowest BCUT2D eigenvalue weighted by atomic mass is 10.1. The van der Waals surface area contributed by atoms with Gasteiger partial charge in [-0.05, 0) is 12.1 Å². The van der Waals surface area contributed by atoms with Gasteiger partial charge in [0.2, 0.25) is 0 Å². The summed E-state index contributed by atoms with van der Waals surface area (Å²) >= 11 is 0. The molecule has 78 valence electrons. The smallest absolute Gasteiger partial charge is 0.335 e. The van der Waals surface area contributed by atoms with E-state index in [4.69, 9.17) is 15.5 Å². The lowest BCUT2D eigenvalue weighted by Crippen LogP contribution is -2.28. The first-order valence-electron chi connectivity index (χ1n) is 4.02. The normalized spacial score (nSPS) is 13.9. The maximum absolute atomic E-state index is 10.4. The van der Waals surface area contributed by atoms with Gasteiger partial charge in [-0.1, -0.05) is 6.07 Å². The summed E-state index contributed by atoms with van der Waals surface area (Å²) in [7, 11) is 0. The average Bonchev–Trinajstić information content (AvgIpc) is 2.27. The summed E-state index contributed by atoms with van der Waals surface area (Å²) in [6.45, 7) is 0. The van der Waals surface area contributed by atoms with E-state index in [1.807, 2.05) is 0 Å². The Hall–Kier alpha value is -1.97. The van der Waals surface area contributed by atoms with Crippen molar-refractivity contribution in [2.75, 3.05) is 0 Å². The summed E-state index contributed by atoms with van der Waals surface area (Å²) < 4.78 is 0. The summed E-state index contributed by atoms with van der Waals surface area (Å²) in [5.41, 5.74) is -0.00640. The molecule has 0 amide bonds. The molecule has 0 aromatic carbocycles. The quantitative estimate of drug-likeness (QED) is 0.612. The maximum Gasteiger partial charge on any atom is 0.335 e. The number of aliphatic hydroxyl groups excluding tert-OH is 2. The molecular formula is C9H8N2O4. The van der Waals surface area contributed by atoms with Crippen molar-refractivity contribution in [3.8, 4) is 6.07 Å². The van der Waals surface area contributed by atoms with E-state index in [1.54, 1.807) is 6.07 Å². The van der Waals surface area contributed by atoms with Gasteiger partial charge in [-0.15, -0.1) is 0 Å². The molecular weight excluding hydrogens is 200 g/mol. The fourth-order valence-electron chi connectivity index (χ4n) is 0.975. The van der Waals surface area contributed by atoms with Crippen molar-refractivity contribution in [2.24, 2.45) is 0 Å². The van der Waals surface area contributed by atoms with Crippen molar-refractivity contribution >= 4 is 5.97 Å². The minimum absolute atomic E-state index is 0.0455. The molecule has 6 nitrogen and oxygen atoms in total. The number of aliphatic carboxylic acids is 1. The highest BCUT2D eigenvalue weighted by Gasteiger charge is 2.26. The van der Waals surface area contributed by atoms with Crippen LogP contribution in [-0.4, -0.2) is 32.4 Å². The van der Waals surface area contributed by atoms with E-state index in [1.165, 1.54) is 18.2 Å². The number of carboxylic acid groups (broad SMARTS) is 1. The van der Waals surface area contributed by atoms with E-state index >= 15 is 0 Å². The molecule has 1 heterocycles. The lowest BCUT2D eigenvalue weighted by Gasteiger charge is -2.12. The monoisotopic (exact) mass is 208 g/mol. The molecule has 15 heavy (non-hydrogen) atoms. The Morgan fingerprint density at radius 3 is 2.67 bits per heavy atom. The van der Waals surface area contributed by atoms with Gasteiger partial charge in [-0.3, -0.25) is 0 Å². The highest BCUT2D eigenvalue weighted by atomic mass is 16.4. The van der Waals surface area contributed by atoms with Crippen LogP contribution in [0.3, 0.4) is 0 Å². The molecule has 2 atom stereocenters. The summed E-state index contributed by atoms with van der Waals surface area (Å²) in [6, 6.07) is 5.92. The van der Waals surface area contributed by atoms with Crippen molar-refractivity contribution < 1.29 is 20.1 Å². The van der Waals surface area contributed by atoms with Gasteiger partial charge in [0.05, 0.1) is 5.69 Å². The third-order valence-electron chi connectivity index (χ3n) is 1.74. The van der Waals surface area contributed by atoms with Crippen LogP contribution in [0.15, 0.2) is 18.2 Å². The summed E-state index contributed by atoms with van der Waals surface area (Å²) in [4.78, 5) is 14.0. The van der Waals surface area contributed by atoms with Crippen LogP contribution < -0.4 is 0 Å². The summed E-state index contributed by atoms with van der Waals surface area (Å²) in [6.07, 6.45) is -3.60. The van der Waals surface area contributed by atoms with Crippen LogP contribution in [0, 0.1) is 11.3 Å². The number of carbonyl (C=O) groups is 1. The van der Waals surface area contributed by atoms with E-state index in [-0.39, 0.29) is 11.4 Å². The van der Waals surface area contributed by atoms with Crippen LogP contribution in [0.5, 0.6) is 0 Å². The molecule has 0 saturated carbocycles. The highest BCUT2D eigenvalue weighted by Crippen LogP contribution is 2.14. The SMILES string of the molecule is N#Cc1cccc(C(O)C(O)C(=O)O)n1. The minimum atomic E-state index is -1.95. The van der Waals surface area contributed by atoms with Gasteiger partial charge in [0.1, 0.15) is 17.9 Å². The fraction of sp³-hybridized carbons (Fsp3) is 0.222. The topological polar surface area (TPSA) is 114 Å². The molecule has 0 fully saturated rings. The lowest BCUT2D eigenvalue weighted by molar-refractivity contribution is -0.153. The van der Waals surface area contributed by atoms with E-state index in [0.717, 1.165) is 0 Å². The number of aliphatic hydroxyl groups is 2. The predicted molar refractivity (Wildman–Crippen MR) is 47.6 cm³/mol. The van der Waals surface area contributed by atoms with E-state index in [2.05, 4.69) is 4.98 Å². The molecule has 0 aliphatic heterocycles. The van der Waals surface area contributed by atoms with Crippen LogP contribution in [0.1, 0.15) is 17.5 Å². The van der Waals surface area contributed by atoms with Crippen LogP contribution >= 0.6 is 0 Å². The zero-order valence-corrected chi connectivity index (χ0v) is 7.53. The molecule has 0 radical (unpaired) electrons. The first-order chi connectivity index (χ1) is 7.06. The number of carboxylic acids is 1. The number of pyridine rings is 1. The van der Waals surface area contributed by atoms with Gasteiger partial charge in [0.25, 0.3) is 0 Å². The van der Waals surface area contributed by atoms with Crippen molar-refractivity contribution in [3.63, 3.8) is 0 Å². The van der Waals surface area contributed by atoms with Crippen LogP contribution in [-0.2, 0) is 4.79 Å². The van der Waals surface area contributed by atoms with Crippen LogP contribution in [0.25, 0.3) is 0 Å². The van der Waals surface area contributed by atoms with Crippen molar-refractivity contribution in [3.05, 3.63) is 29.6 Å².